The Hall–Kier alpha value is -2.28. The minimum atomic E-state index is -3.27. The number of hydrogen-bond acceptors (Lipinski definition) is 6. The molecule has 3 saturated heterocycles. The number of fused-ring (bicyclic) bond motifs is 2. The molecule has 10 nitrogen and oxygen atoms in total. The maximum atomic E-state index is 14.0. The van der Waals surface area contributed by atoms with Gasteiger partial charge in [-0.25, -0.2) is 17.6 Å². The van der Waals surface area contributed by atoms with Gasteiger partial charge >= 0.3 is 6.09 Å². The second-order valence-corrected chi connectivity index (χ2v) is 15.2. The number of carbonyl (C=O) groups excluding carboxylic acids is 1. The highest BCUT2D eigenvalue weighted by Gasteiger charge is 2.42. The van der Waals surface area contributed by atoms with E-state index in [1.807, 2.05) is 13.8 Å². The topological polar surface area (TPSA) is 137 Å². The zero-order chi connectivity index (χ0) is 30.7. The molecule has 12 heteroatoms. The van der Waals surface area contributed by atoms with E-state index in [0.717, 1.165) is 32.1 Å². The number of halogens is 1. The summed E-state index contributed by atoms with van der Waals surface area (Å²) in [5.41, 5.74) is 0.714. The molecule has 2 bridgehead atoms. The first-order valence-corrected chi connectivity index (χ1v) is 17.5. The van der Waals surface area contributed by atoms with Crippen LogP contribution in [0.5, 0.6) is 0 Å². The summed E-state index contributed by atoms with van der Waals surface area (Å²) in [5, 5.41) is 19.1. The summed E-state index contributed by atoms with van der Waals surface area (Å²) in [6.07, 6.45) is 5.60. The van der Waals surface area contributed by atoms with Gasteiger partial charge in [0.15, 0.2) is 0 Å². The van der Waals surface area contributed by atoms with Crippen molar-refractivity contribution in [1.82, 2.24) is 20.3 Å². The van der Waals surface area contributed by atoms with Crippen LogP contribution in [0, 0.1) is 17.7 Å². The molecule has 2 amide bonds. The third-order valence-electron chi connectivity index (χ3n) is 10.0. The summed E-state index contributed by atoms with van der Waals surface area (Å²) < 4.78 is 47.4. The largest absolute Gasteiger partial charge is 0.465 e. The van der Waals surface area contributed by atoms with Gasteiger partial charge in [0.25, 0.3) is 0 Å². The maximum Gasteiger partial charge on any atom is 0.405 e. The van der Waals surface area contributed by atoms with Crippen molar-refractivity contribution < 1.29 is 32.2 Å². The summed E-state index contributed by atoms with van der Waals surface area (Å²) in [6.45, 7) is 5.12. The molecule has 1 unspecified atom stereocenters. The number of ether oxygens (including phenoxy) is 1. The monoisotopic (exact) mass is 622 g/mol. The van der Waals surface area contributed by atoms with Crippen molar-refractivity contribution in [2.24, 2.45) is 11.8 Å². The van der Waals surface area contributed by atoms with Crippen molar-refractivity contribution in [2.75, 3.05) is 18.8 Å². The lowest BCUT2D eigenvalue weighted by Crippen LogP contribution is -2.57. The first kappa shape index (κ1) is 32.1. The molecule has 4 N–H and O–H groups in total. The van der Waals surface area contributed by atoms with E-state index < -0.39 is 33.9 Å². The minimum absolute atomic E-state index is 0.0515. The summed E-state index contributed by atoms with van der Waals surface area (Å²) in [4.78, 5) is 26.0. The Kier molecular flexibility index (Phi) is 10.3. The lowest BCUT2D eigenvalue weighted by Gasteiger charge is -2.40. The summed E-state index contributed by atoms with van der Waals surface area (Å²) >= 11 is 0. The summed E-state index contributed by atoms with van der Waals surface area (Å²) in [5.74, 6) is -0.952. The van der Waals surface area contributed by atoms with E-state index in [4.69, 9.17) is 4.74 Å². The second kappa shape index (κ2) is 13.8. The van der Waals surface area contributed by atoms with Crippen LogP contribution < -0.4 is 16.0 Å². The van der Waals surface area contributed by atoms with Crippen LogP contribution in [0.4, 0.5) is 9.18 Å². The zero-order valence-corrected chi connectivity index (χ0v) is 26.0. The predicted octanol–water partition coefficient (Wildman–Crippen LogP) is 3.58. The van der Waals surface area contributed by atoms with Crippen molar-refractivity contribution in [2.45, 2.75) is 114 Å². The van der Waals surface area contributed by atoms with Gasteiger partial charge in [-0.05, 0) is 94.7 Å². The van der Waals surface area contributed by atoms with Gasteiger partial charge in [0, 0.05) is 37.1 Å². The average molecular weight is 623 g/mol. The molecule has 0 spiro atoms. The number of nitrogens with one attached hydrogen (secondary N) is 3. The molecule has 4 fully saturated rings. The van der Waals surface area contributed by atoms with Gasteiger partial charge < -0.3 is 25.8 Å². The quantitative estimate of drug-likeness (QED) is 0.331. The number of amides is 2. The van der Waals surface area contributed by atoms with Crippen molar-refractivity contribution in [1.29, 1.82) is 0 Å². The molecule has 1 saturated carbocycles. The number of carbonyl (C=O) groups is 2. The normalized spacial score (nSPS) is 35.3. The zero-order valence-electron chi connectivity index (χ0n) is 25.2. The molecule has 5 rings (SSSR count). The van der Waals surface area contributed by atoms with Crippen molar-refractivity contribution in [3.63, 3.8) is 0 Å². The number of carboxylic acid groups (broad SMARTS) is 1. The van der Waals surface area contributed by atoms with Crippen LogP contribution in [0.25, 0.3) is 0 Å². The van der Waals surface area contributed by atoms with Crippen LogP contribution in [-0.2, 0) is 19.6 Å². The lowest BCUT2D eigenvalue weighted by molar-refractivity contribution is -0.126. The molecular weight excluding hydrogens is 575 g/mol. The van der Waals surface area contributed by atoms with E-state index in [9.17, 15) is 27.5 Å². The molecule has 240 valence electrons. The smallest absolute Gasteiger partial charge is 0.405 e. The van der Waals surface area contributed by atoms with Gasteiger partial charge in [-0.15, -0.1) is 0 Å². The number of hydrogen-bond donors (Lipinski definition) is 4. The Bertz CT molecular complexity index is 1220. The Balaban J connectivity index is 1.31. The Morgan fingerprint density at radius 3 is 2.51 bits per heavy atom. The van der Waals surface area contributed by atoms with Gasteiger partial charge in [-0.2, -0.15) is 4.31 Å². The third-order valence-corrected chi connectivity index (χ3v) is 12.0. The molecule has 43 heavy (non-hydrogen) atoms. The van der Waals surface area contributed by atoms with E-state index in [2.05, 4.69) is 16.0 Å². The number of sulfonamides is 1. The average Bonchev–Trinajstić information content (AvgIpc) is 3.34. The van der Waals surface area contributed by atoms with Gasteiger partial charge in [0.1, 0.15) is 11.9 Å². The van der Waals surface area contributed by atoms with Gasteiger partial charge in [0.2, 0.25) is 15.9 Å². The van der Waals surface area contributed by atoms with E-state index in [-0.39, 0.29) is 53.8 Å². The number of benzene rings is 1. The SMILES string of the molecule is C[C@@H]1C[C@@H]([C@H](c2ccc(F)cc2)[C@H](NC(=O)O)C(=O)N[C@H]2CCC[C@@H]2CC[C@H]2CN[C@@H]3CCCS(=O)(=O)N2C3)C[C@H](C)O1. The van der Waals surface area contributed by atoms with E-state index >= 15 is 0 Å². The Labute approximate surface area is 254 Å². The maximum absolute atomic E-state index is 14.0. The van der Waals surface area contributed by atoms with Gasteiger partial charge in [-0.1, -0.05) is 18.6 Å². The molecule has 0 aromatic heterocycles. The number of rotatable bonds is 9. The second-order valence-electron chi connectivity index (χ2n) is 13.2. The van der Waals surface area contributed by atoms with Crippen molar-refractivity contribution in [3.8, 4) is 0 Å². The lowest BCUT2D eigenvalue weighted by atomic mass is 9.74. The predicted molar refractivity (Wildman–Crippen MR) is 161 cm³/mol. The summed E-state index contributed by atoms with van der Waals surface area (Å²) in [7, 11) is -3.27. The van der Waals surface area contributed by atoms with Crippen molar-refractivity contribution >= 4 is 22.0 Å². The Morgan fingerprint density at radius 2 is 1.81 bits per heavy atom. The highest BCUT2D eigenvalue weighted by atomic mass is 32.2. The van der Waals surface area contributed by atoms with E-state index in [0.29, 0.717) is 44.3 Å². The van der Waals surface area contributed by atoms with E-state index in [1.165, 1.54) is 12.1 Å². The number of nitrogens with zero attached hydrogens (tertiary/aromatic N) is 1. The van der Waals surface area contributed by atoms with Crippen LogP contribution in [0.15, 0.2) is 24.3 Å². The number of piperazine rings is 1. The fraction of sp³-hybridized carbons (Fsp3) is 0.742. The fourth-order valence-corrected chi connectivity index (χ4v) is 9.93. The van der Waals surface area contributed by atoms with Crippen LogP contribution in [0.1, 0.15) is 83.1 Å². The minimum Gasteiger partial charge on any atom is -0.465 e. The molecule has 3 aliphatic heterocycles. The van der Waals surface area contributed by atoms with Crippen LogP contribution >= 0.6 is 0 Å². The standard InChI is InChI=1S/C31H47FN4O6S/c1-19-15-23(16-20(2)42-19)28(22-8-11-24(32)12-9-22)29(35-31(38)39)30(37)34-27-7-3-5-21(27)10-13-26-17-33-25-6-4-14-43(40,41)36(26)18-25/h8-9,11-12,19-21,23,25-29,33,35H,3-7,10,13-18H2,1-2H3,(H,34,37)(H,38,39)/t19-,20+,21-,23-,25-,26+,27+,28+,29+/m1/s1. The highest BCUT2D eigenvalue weighted by Crippen LogP contribution is 2.39. The molecule has 1 aromatic carbocycles. The molecular formula is C31H47FN4O6S. The third kappa shape index (κ3) is 7.87. The molecule has 0 radical (unpaired) electrons. The van der Waals surface area contributed by atoms with Crippen LogP contribution in [0.2, 0.25) is 0 Å². The van der Waals surface area contributed by atoms with Crippen molar-refractivity contribution in [3.05, 3.63) is 35.6 Å². The molecule has 4 aliphatic rings. The molecule has 10 atom stereocenters. The molecule has 3 heterocycles. The van der Waals surface area contributed by atoms with Crippen LogP contribution in [-0.4, -0.2) is 85.0 Å². The van der Waals surface area contributed by atoms with E-state index in [1.54, 1.807) is 16.4 Å². The van der Waals surface area contributed by atoms with Gasteiger partial charge in [-0.3, -0.25) is 4.79 Å². The Morgan fingerprint density at radius 1 is 1.09 bits per heavy atom. The van der Waals surface area contributed by atoms with Gasteiger partial charge in [0.05, 0.1) is 18.0 Å². The summed E-state index contributed by atoms with van der Waals surface area (Å²) in [6, 6.07) is 4.91. The highest BCUT2D eigenvalue weighted by molar-refractivity contribution is 7.89. The fourth-order valence-electron chi connectivity index (χ4n) is 8.12. The first-order chi connectivity index (χ1) is 20.5. The van der Waals surface area contributed by atoms with Crippen LogP contribution in [0.3, 0.4) is 0 Å². The first-order valence-electron chi connectivity index (χ1n) is 15.9. The molecule has 1 aromatic rings. The molecule has 1 aliphatic carbocycles.